The van der Waals surface area contributed by atoms with Gasteiger partial charge in [0, 0.05) is 32.1 Å². The molecular formula is C15H20F3N5O. The SMILES string of the molecule is CC(N1CCN(C(=O)Nc2ccc(C3CC3)nn2)CC1)C(F)(F)F. The van der Waals surface area contributed by atoms with Crippen LogP contribution in [0.15, 0.2) is 12.1 Å². The molecule has 1 atom stereocenters. The molecule has 0 radical (unpaired) electrons. The normalized spacial score (nSPS) is 20.8. The van der Waals surface area contributed by atoms with E-state index in [0.717, 1.165) is 25.5 Å². The Morgan fingerprint density at radius 2 is 1.88 bits per heavy atom. The van der Waals surface area contributed by atoms with Gasteiger partial charge < -0.3 is 4.90 Å². The molecule has 2 amide bonds. The molecule has 2 fully saturated rings. The Bertz CT molecular complexity index is 580. The van der Waals surface area contributed by atoms with Crippen LogP contribution < -0.4 is 5.32 Å². The van der Waals surface area contributed by atoms with Crippen molar-refractivity contribution in [2.45, 2.75) is 37.9 Å². The number of rotatable bonds is 3. The minimum Gasteiger partial charge on any atom is -0.322 e. The number of piperazine rings is 1. The van der Waals surface area contributed by atoms with Gasteiger partial charge in [0.25, 0.3) is 0 Å². The van der Waals surface area contributed by atoms with Gasteiger partial charge in [0.15, 0.2) is 5.82 Å². The number of amides is 2. The van der Waals surface area contributed by atoms with Gasteiger partial charge in [-0.1, -0.05) is 0 Å². The number of carbonyl (C=O) groups excluding carboxylic acids is 1. The average molecular weight is 343 g/mol. The molecule has 24 heavy (non-hydrogen) atoms. The molecule has 1 N–H and O–H groups in total. The summed E-state index contributed by atoms with van der Waals surface area (Å²) in [5.74, 6) is 0.849. The van der Waals surface area contributed by atoms with Crippen LogP contribution in [0.2, 0.25) is 0 Å². The van der Waals surface area contributed by atoms with Crippen LogP contribution in [0.3, 0.4) is 0 Å². The fourth-order valence-corrected chi connectivity index (χ4v) is 2.71. The number of hydrogen-bond acceptors (Lipinski definition) is 4. The molecule has 3 rings (SSSR count). The Hall–Kier alpha value is -1.90. The summed E-state index contributed by atoms with van der Waals surface area (Å²) >= 11 is 0. The molecule has 1 saturated heterocycles. The van der Waals surface area contributed by atoms with Gasteiger partial charge in [-0.05, 0) is 31.9 Å². The lowest BCUT2D eigenvalue weighted by atomic mass is 10.2. The molecule has 0 bridgehead atoms. The largest absolute Gasteiger partial charge is 0.403 e. The highest BCUT2D eigenvalue weighted by Crippen LogP contribution is 2.38. The minimum atomic E-state index is -4.25. The van der Waals surface area contributed by atoms with Gasteiger partial charge in [-0.2, -0.15) is 18.3 Å². The number of carbonyl (C=O) groups is 1. The van der Waals surface area contributed by atoms with E-state index in [0.29, 0.717) is 11.7 Å². The average Bonchev–Trinajstić information content (AvgIpc) is 3.39. The third-order valence-corrected chi connectivity index (χ3v) is 4.54. The molecule has 6 nitrogen and oxygen atoms in total. The first-order valence-electron chi connectivity index (χ1n) is 8.05. The zero-order valence-electron chi connectivity index (χ0n) is 13.4. The van der Waals surface area contributed by atoms with E-state index in [1.54, 1.807) is 6.07 Å². The van der Waals surface area contributed by atoms with Crippen LogP contribution in [0.25, 0.3) is 0 Å². The Morgan fingerprint density at radius 3 is 2.38 bits per heavy atom. The summed E-state index contributed by atoms with van der Waals surface area (Å²) in [7, 11) is 0. The van der Waals surface area contributed by atoms with Gasteiger partial charge in [-0.15, -0.1) is 5.10 Å². The lowest BCUT2D eigenvalue weighted by Gasteiger charge is -2.38. The molecule has 1 aromatic heterocycles. The number of hydrogen-bond donors (Lipinski definition) is 1. The van der Waals surface area contributed by atoms with E-state index < -0.39 is 12.2 Å². The molecular weight excluding hydrogens is 323 g/mol. The maximum absolute atomic E-state index is 12.7. The quantitative estimate of drug-likeness (QED) is 0.916. The summed E-state index contributed by atoms with van der Waals surface area (Å²) in [4.78, 5) is 15.0. The Labute approximate surface area is 138 Å². The van der Waals surface area contributed by atoms with E-state index in [1.165, 1.54) is 9.80 Å². The van der Waals surface area contributed by atoms with Gasteiger partial charge >= 0.3 is 12.2 Å². The fraction of sp³-hybridized carbons (Fsp3) is 0.667. The number of anilines is 1. The van der Waals surface area contributed by atoms with E-state index >= 15 is 0 Å². The first kappa shape index (κ1) is 16.9. The van der Waals surface area contributed by atoms with E-state index in [1.807, 2.05) is 6.07 Å². The Morgan fingerprint density at radius 1 is 1.21 bits per heavy atom. The molecule has 0 spiro atoms. The Balaban J connectivity index is 1.49. The van der Waals surface area contributed by atoms with Gasteiger partial charge in [0.05, 0.1) is 5.69 Å². The van der Waals surface area contributed by atoms with E-state index in [4.69, 9.17) is 0 Å². The second-order valence-electron chi connectivity index (χ2n) is 6.29. The van der Waals surface area contributed by atoms with Crippen molar-refractivity contribution < 1.29 is 18.0 Å². The van der Waals surface area contributed by atoms with E-state index in [9.17, 15) is 18.0 Å². The molecule has 1 unspecified atom stereocenters. The number of aromatic nitrogens is 2. The Kier molecular flexibility index (Phi) is 4.62. The summed E-state index contributed by atoms with van der Waals surface area (Å²) < 4.78 is 38.2. The molecule has 132 valence electrons. The molecule has 9 heteroatoms. The van der Waals surface area contributed by atoms with Crippen molar-refractivity contribution in [3.63, 3.8) is 0 Å². The van der Waals surface area contributed by atoms with Gasteiger partial charge in [-0.3, -0.25) is 10.2 Å². The second kappa shape index (κ2) is 6.54. The zero-order chi connectivity index (χ0) is 17.3. The number of nitrogens with one attached hydrogen (secondary N) is 1. The highest BCUT2D eigenvalue weighted by Gasteiger charge is 2.41. The summed E-state index contributed by atoms with van der Waals surface area (Å²) in [6.07, 6.45) is -1.99. The first-order valence-corrected chi connectivity index (χ1v) is 8.05. The van der Waals surface area contributed by atoms with Crippen molar-refractivity contribution in [2.75, 3.05) is 31.5 Å². The van der Waals surface area contributed by atoms with Crippen molar-refractivity contribution in [1.82, 2.24) is 20.0 Å². The van der Waals surface area contributed by atoms with Crippen LogP contribution in [-0.2, 0) is 0 Å². The summed E-state index contributed by atoms with van der Waals surface area (Å²) in [5.41, 5.74) is 0.933. The first-order chi connectivity index (χ1) is 11.3. The summed E-state index contributed by atoms with van der Waals surface area (Å²) in [6.45, 7) is 2.03. The summed E-state index contributed by atoms with van der Waals surface area (Å²) in [6, 6.07) is 1.70. The van der Waals surface area contributed by atoms with Crippen LogP contribution >= 0.6 is 0 Å². The van der Waals surface area contributed by atoms with Gasteiger partial charge in [0.1, 0.15) is 6.04 Å². The van der Waals surface area contributed by atoms with Crippen molar-refractivity contribution in [1.29, 1.82) is 0 Å². The minimum absolute atomic E-state index is 0.195. The van der Waals surface area contributed by atoms with Gasteiger partial charge in [0.2, 0.25) is 0 Å². The number of alkyl halides is 3. The molecule has 1 aromatic rings. The number of urea groups is 1. The molecule has 2 heterocycles. The highest BCUT2D eigenvalue weighted by molar-refractivity contribution is 5.88. The summed E-state index contributed by atoms with van der Waals surface area (Å²) in [5, 5.41) is 10.7. The number of halogens is 3. The topological polar surface area (TPSA) is 61.4 Å². The maximum Gasteiger partial charge on any atom is 0.403 e. The standard InChI is InChI=1S/C15H20F3N5O/c1-10(15(16,17)18)22-6-8-23(9-7-22)14(24)19-13-5-4-12(20-21-13)11-2-3-11/h4-5,10-11H,2-3,6-9H2,1H3,(H,19,21,24). The van der Waals surface area contributed by atoms with Crippen molar-refractivity contribution in [3.8, 4) is 0 Å². The number of nitrogens with zero attached hydrogens (tertiary/aromatic N) is 4. The lowest BCUT2D eigenvalue weighted by Crippen LogP contribution is -2.55. The highest BCUT2D eigenvalue weighted by atomic mass is 19.4. The second-order valence-corrected chi connectivity index (χ2v) is 6.29. The maximum atomic E-state index is 12.7. The van der Waals surface area contributed by atoms with Crippen LogP contribution in [0, 0.1) is 0 Å². The lowest BCUT2D eigenvalue weighted by molar-refractivity contribution is -0.181. The molecule has 1 aliphatic carbocycles. The van der Waals surface area contributed by atoms with Crippen LogP contribution in [0.1, 0.15) is 31.4 Å². The molecule has 0 aromatic carbocycles. The fourth-order valence-electron chi connectivity index (χ4n) is 2.71. The van der Waals surface area contributed by atoms with Crippen molar-refractivity contribution >= 4 is 11.8 Å². The van der Waals surface area contributed by atoms with E-state index in [2.05, 4.69) is 15.5 Å². The molecule has 2 aliphatic rings. The van der Waals surface area contributed by atoms with Crippen LogP contribution in [0.5, 0.6) is 0 Å². The van der Waals surface area contributed by atoms with Crippen LogP contribution in [-0.4, -0.2) is 64.4 Å². The van der Waals surface area contributed by atoms with Crippen LogP contribution in [0.4, 0.5) is 23.8 Å². The van der Waals surface area contributed by atoms with Gasteiger partial charge in [-0.25, -0.2) is 4.79 Å². The van der Waals surface area contributed by atoms with E-state index in [-0.39, 0.29) is 32.2 Å². The predicted molar refractivity (Wildman–Crippen MR) is 81.7 cm³/mol. The van der Waals surface area contributed by atoms with Crippen molar-refractivity contribution in [2.24, 2.45) is 0 Å². The monoisotopic (exact) mass is 343 g/mol. The molecule has 1 saturated carbocycles. The van der Waals surface area contributed by atoms with Crippen molar-refractivity contribution in [3.05, 3.63) is 17.8 Å². The smallest absolute Gasteiger partial charge is 0.322 e. The third-order valence-electron chi connectivity index (χ3n) is 4.54. The third kappa shape index (κ3) is 3.95. The zero-order valence-corrected chi connectivity index (χ0v) is 13.4. The predicted octanol–water partition coefficient (Wildman–Crippen LogP) is 2.45. The molecule has 1 aliphatic heterocycles.